The van der Waals surface area contributed by atoms with E-state index in [0.717, 1.165) is 23.7 Å². The van der Waals surface area contributed by atoms with Crippen LogP contribution in [-0.4, -0.2) is 31.9 Å². The lowest BCUT2D eigenvalue weighted by Crippen LogP contribution is -2.35. The van der Waals surface area contributed by atoms with Crippen LogP contribution in [0, 0.1) is 6.92 Å². The fourth-order valence-electron chi connectivity index (χ4n) is 2.79. The maximum Gasteiger partial charge on any atom is 0.274 e. The maximum absolute atomic E-state index is 12.5. The van der Waals surface area contributed by atoms with Gasteiger partial charge in [-0.3, -0.25) is 4.79 Å². The largest absolute Gasteiger partial charge is 0.340 e. The molecule has 0 saturated carbocycles. The van der Waals surface area contributed by atoms with Crippen LogP contribution in [-0.2, 0) is 20.0 Å². The van der Waals surface area contributed by atoms with E-state index >= 15 is 0 Å². The zero-order chi connectivity index (χ0) is 16.0. The monoisotopic (exact) mass is 344 g/mol. The molecular weight excluding hydrogens is 328 g/mol. The van der Waals surface area contributed by atoms with Crippen LogP contribution in [0.25, 0.3) is 10.6 Å². The van der Waals surface area contributed by atoms with Gasteiger partial charge in [0.1, 0.15) is 5.69 Å². The van der Waals surface area contributed by atoms with Gasteiger partial charge in [-0.05, 0) is 25.0 Å². The normalized spacial score (nSPS) is 14.1. The average molecular weight is 344 g/mol. The van der Waals surface area contributed by atoms with Gasteiger partial charge in [0.25, 0.3) is 5.91 Å². The van der Waals surface area contributed by atoms with Crippen molar-refractivity contribution in [2.45, 2.75) is 19.9 Å². The predicted octanol–water partition coefficient (Wildman–Crippen LogP) is 3.11. The van der Waals surface area contributed by atoms with E-state index in [9.17, 15) is 4.79 Å². The molecule has 3 aromatic heterocycles. The molecular formula is C16H16N4OS2. The summed E-state index contributed by atoms with van der Waals surface area (Å²) in [4.78, 5) is 25.7. The minimum Gasteiger partial charge on any atom is -0.340 e. The van der Waals surface area contributed by atoms with Crippen LogP contribution < -0.4 is 0 Å². The summed E-state index contributed by atoms with van der Waals surface area (Å²) in [6, 6.07) is 2.19. The van der Waals surface area contributed by atoms with Crippen LogP contribution in [0.15, 0.2) is 24.0 Å². The molecule has 3 aromatic rings. The number of imidazole rings is 1. The van der Waals surface area contributed by atoms with Gasteiger partial charge >= 0.3 is 0 Å². The lowest BCUT2D eigenvalue weighted by molar-refractivity contribution is 0.0730. The van der Waals surface area contributed by atoms with Crippen LogP contribution >= 0.6 is 22.7 Å². The first-order valence-electron chi connectivity index (χ1n) is 7.41. The molecule has 1 aliphatic heterocycles. The number of hydrogen-bond acceptors (Lipinski definition) is 5. The highest BCUT2D eigenvalue weighted by Crippen LogP contribution is 2.35. The zero-order valence-corrected chi connectivity index (χ0v) is 14.6. The highest BCUT2D eigenvalue weighted by molar-refractivity contribution is 7.16. The van der Waals surface area contributed by atoms with Crippen molar-refractivity contribution in [3.05, 3.63) is 45.1 Å². The smallest absolute Gasteiger partial charge is 0.274 e. The van der Waals surface area contributed by atoms with Gasteiger partial charge in [-0.2, -0.15) is 0 Å². The highest BCUT2D eigenvalue weighted by Gasteiger charge is 2.25. The second-order valence-electron chi connectivity index (χ2n) is 5.71. The fourth-order valence-corrected chi connectivity index (χ4v) is 4.61. The van der Waals surface area contributed by atoms with Crippen LogP contribution in [0.5, 0.6) is 0 Å². The summed E-state index contributed by atoms with van der Waals surface area (Å²) < 4.78 is 1.80. The lowest BCUT2D eigenvalue weighted by Gasteiger charge is -2.26. The highest BCUT2D eigenvalue weighted by atomic mass is 32.1. The first-order chi connectivity index (χ1) is 11.1. The van der Waals surface area contributed by atoms with Crippen molar-refractivity contribution in [2.24, 2.45) is 7.05 Å². The van der Waals surface area contributed by atoms with Crippen LogP contribution in [0.1, 0.15) is 25.9 Å². The van der Waals surface area contributed by atoms with E-state index in [1.165, 1.54) is 15.3 Å². The Morgan fingerprint density at radius 3 is 2.96 bits per heavy atom. The second kappa shape index (κ2) is 5.58. The molecule has 0 unspecified atom stereocenters. The van der Waals surface area contributed by atoms with Gasteiger partial charge in [-0.25, -0.2) is 9.97 Å². The van der Waals surface area contributed by atoms with E-state index in [0.29, 0.717) is 12.2 Å². The van der Waals surface area contributed by atoms with Gasteiger partial charge in [-0.15, -0.1) is 22.7 Å². The van der Waals surface area contributed by atoms with E-state index in [1.54, 1.807) is 39.8 Å². The Morgan fingerprint density at radius 2 is 2.26 bits per heavy atom. The van der Waals surface area contributed by atoms with Crippen LogP contribution in [0.2, 0.25) is 0 Å². The molecule has 118 valence electrons. The summed E-state index contributed by atoms with van der Waals surface area (Å²) in [7, 11) is 1.87. The Bertz CT molecular complexity index is 876. The number of nitrogens with zero attached hydrogens (tertiary/aromatic N) is 4. The summed E-state index contributed by atoms with van der Waals surface area (Å²) in [5.41, 5.74) is 2.81. The minimum absolute atomic E-state index is 0.00787. The van der Waals surface area contributed by atoms with Gasteiger partial charge in [-0.1, -0.05) is 0 Å². The molecule has 23 heavy (non-hydrogen) atoms. The van der Waals surface area contributed by atoms with Crippen LogP contribution in [0.4, 0.5) is 0 Å². The van der Waals surface area contributed by atoms with Crippen molar-refractivity contribution < 1.29 is 4.79 Å². The van der Waals surface area contributed by atoms with Crippen molar-refractivity contribution in [1.29, 1.82) is 0 Å². The summed E-state index contributed by atoms with van der Waals surface area (Å²) in [6.07, 6.45) is 4.34. The van der Waals surface area contributed by atoms with Crippen molar-refractivity contribution in [3.8, 4) is 10.6 Å². The molecule has 0 aromatic carbocycles. The number of thiazole rings is 1. The molecule has 5 nitrogen and oxygen atoms in total. The van der Waals surface area contributed by atoms with Gasteiger partial charge < -0.3 is 9.47 Å². The lowest BCUT2D eigenvalue weighted by atomic mass is 10.1. The second-order valence-corrected chi connectivity index (χ2v) is 7.91. The third-order valence-electron chi connectivity index (χ3n) is 3.95. The van der Waals surface area contributed by atoms with Crippen molar-refractivity contribution in [1.82, 2.24) is 19.4 Å². The number of thiophene rings is 1. The molecule has 4 heterocycles. The Balaban J connectivity index is 1.57. The number of amides is 1. The Hall–Kier alpha value is -1.99. The topological polar surface area (TPSA) is 51.0 Å². The van der Waals surface area contributed by atoms with Crippen molar-refractivity contribution in [2.75, 3.05) is 6.54 Å². The third-order valence-corrected chi connectivity index (χ3v) is 5.98. The number of aromatic nitrogens is 3. The van der Waals surface area contributed by atoms with E-state index in [1.807, 2.05) is 18.9 Å². The first kappa shape index (κ1) is 14.6. The zero-order valence-electron chi connectivity index (χ0n) is 12.9. The van der Waals surface area contributed by atoms with E-state index < -0.39 is 0 Å². The Labute approximate surface area is 142 Å². The minimum atomic E-state index is 0.00787. The molecule has 4 rings (SSSR count). The van der Waals surface area contributed by atoms with Crippen molar-refractivity contribution >= 4 is 28.6 Å². The molecule has 0 N–H and O–H groups in total. The predicted molar refractivity (Wildman–Crippen MR) is 91.8 cm³/mol. The summed E-state index contributed by atoms with van der Waals surface area (Å²) in [6.45, 7) is 3.43. The van der Waals surface area contributed by atoms with Gasteiger partial charge in [0.05, 0.1) is 21.9 Å². The van der Waals surface area contributed by atoms with Gasteiger partial charge in [0.2, 0.25) is 0 Å². The van der Waals surface area contributed by atoms with Gasteiger partial charge in [0.15, 0.2) is 0 Å². The Morgan fingerprint density at radius 1 is 1.39 bits per heavy atom. The number of carbonyl (C=O) groups is 1. The molecule has 1 amide bonds. The standard InChI is InChI=1S/C16H16N4OS2/c1-10-18-13(8-22-10)15-5-11-6-20(4-3-14(11)23-15)16(21)12-7-19(2)9-17-12/h5,7-9H,3-4,6H2,1-2H3. The van der Waals surface area contributed by atoms with Gasteiger partial charge in [0, 0.05) is 36.6 Å². The van der Waals surface area contributed by atoms with E-state index in [-0.39, 0.29) is 5.91 Å². The molecule has 0 atom stereocenters. The first-order valence-corrected chi connectivity index (χ1v) is 9.11. The molecule has 7 heteroatoms. The fraction of sp³-hybridized carbons (Fsp3) is 0.312. The average Bonchev–Trinajstić information content (AvgIpc) is 3.24. The van der Waals surface area contributed by atoms with E-state index in [4.69, 9.17) is 0 Å². The number of rotatable bonds is 2. The number of carbonyl (C=O) groups excluding carboxylic acids is 1. The molecule has 0 saturated heterocycles. The molecule has 0 aliphatic carbocycles. The molecule has 1 aliphatic rings. The number of hydrogen-bond donors (Lipinski definition) is 0. The van der Waals surface area contributed by atoms with E-state index in [2.05, 4.69) is 21.4 Å². The van der Waals surface area contributed by atoms with Crippen LogP contribution in [0.3, 0.4) is 0 Å². The SMILES string of the molecule is Cc1nc(-c2cc3c(s2)CCN(C(=O)c2cn(C)cn2)C3)cs1. The summed E-state index contributed by atoms with van der Waals surface area (Å²) in [5, 5.41) is 3.18. The molecule has 0 radical (unpaired) electrons. The quantitative estimate of drug-likeness (QED) is 0.718. The third kappa shape index (κ3) is 2.70. The maximum atomic E-state index is 12.5. The molecule has 0 spiro atoms. The summed E-state index contributed by atoms with van der Waals surface area (Å²) in [5.74, 6) is 0.00787. The number of aryl methyl sites for hydroxylation is 2. The Kier molecular flexibility index (Phi) is 3.54. The molecule has 0 fully saturated rings. The summed E-state index contributed by atoms with van der Waals surface area (Å²) >= 11 is 3.47. The molecule has 0 bridgehead atoms. The number of fused-ring (bicyclic) bond motifs is 1. The van der Waals surface area contributed by atoms with Crippen molar-refractivity contribution in [3.63, 3.8) is 0 Å².